The maximum absolute atomic E-state index is 11.2. The van der Waals surface area contributed by atoms with Crippen molar-refractivity contribution in [3.05, 3.63) is 0 Å². The van der Waals surface area contributed by atoms with E-state index in [-0.39, 0.29) is 23.9 Å². The number of carbonyl (C=O) groups excluding carboxylic acids is 2. The van der Waals surface area contributed by atoms with Gasteiger partial charge >= 0.3 is 0 Å². The average Bonchev–Trinajstić information content (AvgIpc) is 2.79. The first-order valence-corrected chi connectivity index (χ1v) is 4.63. The molecule has 74 valence electrons. The second kappa shape index (κ2) is 3.77. The van der Waals surface area contributed by atoms with Gasteiger partial charge in [0, 0.05) is 12.0 Å². The fraction of sp³-hybridized carbons (Fsp3) is 0.778. The molecule has 0 aromatic rings. The Hall–Kier alpha value is -1.06. The van der Waals surface area contributed by atoms with Crippen LogP contribution in [0.4, 0.5) is 0 Å². The molecule has 0 radical (unpaired) electrons. The molecule has 0 heterocycles. The van der Waals surface area contributed by atoms with Crippen molar-refractivity contribution in [2.24, 2.45) is 0 Å². The van der Waals surface area contributed by atoms with Gasteiger partial charge in [-0.1, -0.05) is 6.92 Å². The minimum Gasteiger partial charge on any atom is -0.349 e. The van der Waals surface area contributed by atoms with Gasteiger partial charge in [-0.15, -0.1) is 0 Å². The zero-order chi connectivity index (χ0) is 9.90. The van der Waals surface area contributed by atoms with Crippen molar-refractivity contribution in [3.63, 3.8) is 0 Å². The van der Waals surface area contributed by atoms with E-state index in [0.717, 1.165) is 12.8 Å². The molecule has 1 aliphatic carbocycles. The quantitative estimate of drug-likeness (QED) is 0.655. The summed E-state index contributed by atoms with van der Waals surface area (Å²) >= 11 is 0. The average molecular weight is 184 g/mol. The first kappa shape index (κ1) is 10.0. The van der Waals surface area contributed by atoms with Crippen molar-refractivity contribution >= 4 is 11.8 Å². The van der Waals surface area contributed by atoms with E-state index in [0.29, 0.717) is 6.42 Å². The van der Waals surface area contributed by atoms with Gasteiger partial charge in [-0.3, -0.25) is 9.59 Å². The maximum atomic E-state index is 11.2. The second-order valence-electron chi connectivity index (χ2n) is 3.74. The minimum atomic E-state index is -0.0956. The molecular formula is C9H16N2O2. The molecule has 4 heteroatoms. The Morgan fingerprint density at radius 1 is 1.31 bits per heavy atom. The highest BCUT2D eigenvalue weighted by Gasteiger charge is 2.38. The molecule has 4 nitrogen and oxygen atoms in total. The number of carbonyl (C=O) groups is 2. The van der Waals surface area contributed by atoms with Crippen LogP contribution in [0.15, 0.2) is 0 Å². The van der Waals surface area contributed by atoms with E-state index in [4.69, 9.17) is 0 Å². The normalized spacial score (nSPS) is 17.7. The van der Waals surface area contributed by atoms with Gasteiger partial charge in [0.1, 0.15) is 0 Å². The van der Waals surface area contributed by atoms with E-state index in [9.17, 15) is 9.59 Å². The highest BCUT2D eigenvalue weighted by Crippen LogP contribution is 2.33. The lowest BCUT2D eigenvalue weighted by Crippen LogP contribution is -2.41. The number of rotatable bonds is 4. The summed E-state index contributed by atoms with van der Waals surface area (Å²) < 4.78 is 0. The van der Waals surface area contributed by atoms with Crippen molar-refractivity contribution in [2.75, 3.05) is 6.54 Å². The zero-order valence-electron chi connectivity index (χ0n) is 8.14. The molecule has 2 amide bonds. The first-order chi connectivity index (χ1) is 6.06. The molecule has 0 unspecified atom stereocenters. The molecular weight excluding hydrogens is 168 g/mol. The maximum Gasteiger partial charge on any atom is 0.239 e. The molecule has 1 fully saturated rings. The highest BCUT2D eigenvalue weighted by molar-refractivity contribution is 5.85. The van der Waals surface area contributed by atoms with Gasteiger partial charge in [0.15, 0.2) is 0 Å². The van der Waals surface area contributed by atoms with Crippen molar-refractivity contribution in [1.29, 1.82) is 0 Å². The fourth-order valence-electron chi connectivity index (χ4n) is 0.997. The summed E-state index contributed by atoms with van der Waals surface area (Å²) in [5, 5.41) is 5.39. The first-order valence-electron chi connectivity index (χ1n) is 4.63. The summed E-state index contributed by atoms with van der Waals surface area (Å²) in [6.07, 6.45) is 2.51. The summed E-state index contributed by atoms with van der Waals surface area (Å²) in [4.78, 5) is 22.0. The van der Waals surface area contributed by atoms with Gasteiger partial charge < -0.3 is 10.6 Å². The van der Waals surface area contributed by atoms with Crippen LogP contribution in [0.3, 0.4) is 0 Å². The third kappa shape index (κ3) is 3.44. The molecule has 0 aliphatic heterocycles. The zero-order valence-corrected chi connectivity index (χ0v) is 8.14. The van der Waals surface area contributed by atoms with E-state index in [1.165, 1.54) is 0 Å². The van der Waals surface area contributed by atoms with E-state index in [1.54, 1.807) is 6.92 Å². The molecule has 0 atom stereocenters. The lowest BCUT2D eigenvalue weighted by Gasteiger charge is -2.11. The number of hydrogen-bond acceptors (Lipinski definition) is 2. The van der Waals surface area contributed by atoms with Crippen molar-refractivity contribution in [1.82, 2.24) is 10.6 Å². The monoisotopic (exact) mass is 184 g/mol. The molecule has 2 N–H and O–H groups in total. The minimum absolute atomic E-state index is 0.00796. The summed E-state index contributed by atoms with van der Waals surface area (Å²) in [5.41, 5.74) is 0.00796. The van der Waals surface area contributed by atoms with Gasteiger partial charge in [0.2, 0.25) is 11.8 Å². The smallest absolute Gasteiger partial charge is 0.239 e. The van der Waals surface area contributed by atoms with Crippen molar-refractivity contribution in [3.8, 4) is 0 Å². The van der Waals surface area contributed by atoms with Crippen LogP contribution in [0, 0.1) is 0 Å². The Balaban J connectivity index is 2.14. The van der Waals surface area contributed by atoms with E-state index < -0.39 is 0 Å². The lowest BCUT2D eigenvalue weighted by atomic mass is 10.3. The standard InChI is InChI=1S/C9H16N2O2/c1-3-7(12)10-6-8(13)11-9(2)4-5-9/h3-6H2,1-2H3,(H,10,12)(H,11,13). The van der Waals surface area contributed by atoms with Crippen molar-refractivity contribution < 1.29 is 9.59 Å². The largest absolute Gasteiger partial charge is 0.349 e. The molecule has 0 aromatic carbocycles. The third-order valence-electron chi connectivity index (χ3n) is 2.21. The topological polar surface area (TPSA) is 58.2 Å². The van der Waals surface area contributed by atoms with Crippen LogP contribution < -0.4 is 10.6 Å². The molecule has 0 spiro atoms. The Morgan fingerprint density at radius 2 is 1.92 bits per heavy atom. The summed E-state index contributed by atoms with van der Waals surface area (Å²) in [7, 11) is 0. The van der Waals surface area contributed by atoms with Crippen LogP contribution in [0.25, 0.3) is 0 Å². The number of amides is 2. The molecule has 1 aliphatic rings. The van der Waals surface area contributed by atoms with E-state index in [1.807, 2.05) is 6.92 Å². The van der Waals surface area contributed by atoms with Crippen LogP contribution in [-0.4, -0.2) is 23.9 Å². The highest BCUT2D eigenvalue weighted by atomic mass is 16.2. The Labute approximate surface area is 78.1 Å². The molecule has 0 aromatic heterocycles. The molecule has 0 saturated heterocycles. The van der Waals surface area contributed by atoms with E-state index >= 15 is 0 Å². The number of nitrogens with one attached hydrogen (secondary N) is 2. The summed E-state index contributed by atoms with van der Waals surface area (Å²) in [6.45, 7) is 3.87. The predicted molar refractivity (Wildman–Crippen MR) is 49.1 cm³/mol. The third-order valence-corrected chi connectivity index (χ3v) is 2.21. The Morgan fingerprint density at radius 3 is 2.38 bits per heavy atom. The predicted octanol–water partition coefficient (Wildman–Crippen LogP) is 0.181. The fourth-order valence-corrected chi connectivity index (χ4v) is 0.997. The summed E-state index contributed by atoms with van der Waals surface area (Å²) in [5.74, 6) is -0.182. The van der Waals surface area contributed by atoms with Gasteiger partial charge in [-0.2, -0.15) is 0 Å². The van der Waals surface area contributed by atoms with Gasteiger partial charge in [-0.05, 0) is 19.8 Å². The van der Waals surface area contributed by atoms with Crippen LogP contribution in [0.5, 0.6) is 0 Å². The van der Waals surface area contributed by atoms with Crippen LogP contribution >= 0.6 is 0 Å². The van der Waals surface area contributed by atoms with Gasteiger partial charge in [0.25, 0.3) is 0 Å². The Bertz CT molecular complexity index is 222. The molecule has 13 heavy (non-hydrogen) atoms. The summed E-state index contributed by atoms with van der Waals surface area (Å²) in [6, 6.07) is 0. The molecule has 0 bridgehead atoms. The van der Waals surface area contributed by atoms with Crippen molar-refractivity contribution in [2.45, 2.75) is 38.6 Å². The second-order valence-corrected chi connectivity index (χ2v) is 3.74. The SMILES string of the molecule is CCC(=O)NCC(=O)NC1(C)CC1. The van der Waals surface area contributed by atoms with Crippen LogP contribution in [0.1, 0.15) is 33.1 Å². The molecule has 1 rings (SSSR count). The van der Waals surface area contributed by atoms with Gasteiger partial charge in [-0.25, -0.2) is 0 Å². The van der Waals surface area contributed by atoms with E-state index in [2.05, 4.69) is 10.6 Å². The van der Waals surface area contributed by atoms with Crippen LogP contribution in [0.2, 0.25) is 0 Å². The lowest BCUT2D eigenvalue weighted by molar-refractivity contribution is -0.126. The van der Waals surface area contributed by atoms with Gasteiger partial charge in [0.05, 0.1) is 6.54 Å². The van der Waals surface area contributed by atoms with Crippen LogP contribution in [-0.2, 0) is 9.59 Å². The number of hydrogen-bond donors (Lipinski definition) is 2. The molecule has 1 saturated carbocycles. The Kier molecular flexibility index (Phi) is 2.90.